The van der Waals surface area contributed by atoms with Crippen LogP contribution in [0.15, 0.2) is 9.66 Å². The van der Waals surface area contributed by atoms with Gasteiger partial charge >= 0.3 is 5.97 Å². The zero-order chi connectivity index (χ0) is 26.4. The monoisotopic (exact) mass is 621 g/mol. The second-order valence-corrected chi connectivity index (χ2v) is 24.1. The first kappa shape index (κ1) is 30.0. The van der Waals surface area contributed by atoms with E-state index in [0.29, 0.717) is 49.8 Å². The first-order valence-corrected chi connectivity index (χ1v) is 18.5. The Balaban J connectivity index is 2.63. The summed E-state index contributed by atoms with van der Waals surface area (Å²) in [4.78, 5) is 29.1. The molecule has 0 spiro atoms. The maximum Gasteiger partial charge on any atom is 0.300 e. The van der Waals surface area contributed by atoms with E-state index in [1.165, 1.54) is 0 Å². The summed E-state index contributed by atoms with van der Waals surface area (Å²) >= 11 is 2.11. The van der Waals surface area contributed by atoms with Gasteiger partial charge in [0.05, 0.1) is 3.58 Å². The lowest BCUT2D eigenvalue weighted by Crippen LogP contribution is -2.61. The van der Waals surface area contributed by atoms with Crippen LogP contribution in [0.2, 0.25) is 33.2 Å². The van der Waals surface area contributed by atoms with Gasteiger partial charge in [-0.3, -0.25) is 9.59 Å². The molecule has 2 atom stereocenters. The zero-order valence-corrected chi connectivity index (χ0v) is 27.6. The molecule has 8 heteroatoms. The standard InChI is InChI=1S/C26H48INO4Si2/c1-16(2)33(17(3)4,18(5)6)31-25(30)22-13-14-28-24(29)23(27)15-26(22,28)32-34(19(7)8,20(9)10)21(11)12/h15-22H,13-14H2,1-12H3/t22-,26-/m0/s1. The lowest BCUT2D eigenvalue weighted by atomic mass is 9.97. The van der Waals surface area contributed by atoms with Crippen LogP contribution in [-0.4, -0.2) is 45.7 Å². The summed E-state index contributed by atoms with van der Waals surface area (Å²) in [6, 6.07) is 0. The minimum atomic E-state index is -2.41. The van der Waals surface area contributed by atoms with Gasteiger partial charge in [0.1, 0.15) is 5.92 Å². The van der Waals surface area contributed by atoms with Gasteiger partial charge in [0.25, 0.3) is 14.2 Å². The Hall–Kier alpha value is -0.196. The molecule has 1 fully saturated rings. The molecule has 0 aromatic rings. The highest BCUT2D eigenvalue weighted by molar-refractivity contribution is 14.1. The Morgan fingerprint density at radius 1 is 0.882 bits per heavy atom. The number of carbonyl (C=O) groups is 2. The van der Waals surface area contributed by atoms with Gasteiger partial charge < -0.3 is 13.8 Å². The van der Waals surface area contributed by atoms with Crippen LogP contribution in [-0.2, 0) is 18.4 Å². The number of carbonyl (C=O) groups excluding carboxylic acids is 2. The summed E-state index contributed by atoms with van der Waals surface area (Å²) in [6.07, 6.45) is 2.54. The van der Waals surface area contributed by atoms with Crippen molar-refractivity contribution >= 4 is 51.1 Å². The van der Waals surface area contributed by atoms with Gasteiger partial charge in [0.2, 0.25) is 8.32 Å². The first-order chi connectivity index (χ1) is 15.5. The van der Waals surface area contributed by atoms with Gasteiger partial charge in [0, 0.05) is 6.54 Å². The van der Waals surface area contributed by atoms with Crippen LogP contribution in [0.3, 0.4) is 0 Å². The zero-order valence-electron chi connectivity index (χ0n) is 23.5. The summed E-state index contributed by atoms with van der Waals surface area (Å²) in [5, 5.41) is 0. The molecule has 0 radical (unpaired) electrons. The summed E-state index contributed by atoms with van der Waals surface area (Å²) in [6.45, 7) is 27.2. The number of fused-ring (bicyclic) bond motifs is 1. The average molecular weight is 622 g/mol. The van der Waals surface area contributed by atoms with E-state index in [9.17, 15) is 9.59 Å². The van der Waals surface area contributed by atoms with Gasteiger partial charge in [-0.15, -0.1) is 0 Å². The third kappa shape index (κ3) is 4.62. The second-order valence-electron chi connectivity index (χ2n) is 12.2. The van der Waals surface area contributed by atoms with E-state index in [2.05, 4.69) is 106 Å². The topological polar surface area (TPSA) is 55.8 Å². The van der Waals surface area contributed by atoms with Crippen molar-refractivity contribution in [3.05, 3.63) is 9.66 Å². The number of halogens is 1. The number of amides is 1. The predicted octanol–water partition coefficient (Wildman–Crippen LogP) is 7.77. The fourth-order valence-electron chi connectivity index (χ4n) is 7.32. The molecule has 0 saturated carbocycles. The molecule has 0 N–H and O–H groups in total. The molecule has 1 amide bonds. The summed E-state index contributed by atoms with van der Waals surface area (Å²) in [5.41, 5.74) is 0.932. The highest BCUT2D eigenvalue weighted by Crippen LogP contribution is 2.53. The summed E-state index contributed by atoms with van der Waals surface area (Å²) in [5.74, 6) is -0.676. The Morgan fingerprint density at radius 3 is 1.68 bits per heavy atom. The maximum atomic E-state index is 14.1. The molecule has 2 aliphatic rings. The van der Waals surface area contributed by atoms with Crippen LogP contribution in [0, 0.1) is 5.92 Å². The minimum absolute atomic E-state index is 0.0184. The van der Waals surface area contributed by atoms with Crippen LogP contribution in [0.5, 0.6) is 0 Å². The Kier molecular flexibility index (Phi) is 9.41. The molecule has 0 aromatic heterocycles. The fraction of sp³-hybridized carbons (Fsp3) is 0.846. The molecule has 2 aliphatic heterocycles. The largest absolute Gasteiger partial charge is 0.518 e. The van der Waals surface area contributed by atoms with Gasteiger partial charge in [-0.05, 0) is 68.3 Å². The molecule has 0 unspecified atom stereocenters. The number of rotatable bonds is 10. The van der Waals surface area contributed by atoms with Crippen molar-refractivity contribution < 1.29 is 18.4 Å². The molecular formula is C26H48INO4Si2. The smallest absolute Gasteiger partial charge is 0.300 e. The Morgan fingerprint density at radius 2 is 1.29 bits per heavy atom. The lowest BCUT2D eigenvalue weighted by Gasteiger charge is -2.50. The predicted molar refractivity (Wildman–Crippen MR) is 154 cm³/mol. The molecule has 0 bridgehead atoms. The SMILES string of the molecule is CC(C)[Si](OC(=O)[C@@H]1CCN2C(=O)C(I)=C[C@]12O[Si](C(C)C)(C(C)C)C(C)C)(C(C)C)C(C)C. The van der Waals surface area contributed by atoms with Crippen LogP contribution in [0.25, 0.3) is 0 Å². The normalized spacial score (nSPS) is 23.9. The molecular weight excluding hydrogens is 573 g/mol. The van der Waals surface area contributed by atoms with E-state index >= 15 is 0 Å². The van der Waals surface area contributed by atoms with Crippen molar-refractivity contribution in [2.24, 2.45) is 5.92 Å². The first-order valence-electron chi connectivity index (χ1n) is 13.2. The van der Waals surface area contributed by atoms with Crippen LogP contribution in [0.1, 0.15) is 89.5 Å². The molecule has 0 aromatic carbocycles. The van der Waals surface area contributed by atoms with Crippen molar-refractivity contribution in [3.8, 4) is 0 Å². The Bertz CT molecular complexity index is 765. The van der Waals surface area contributed by atoms with Crippen LogP contribution >= 0.6 is 22.6 Å². The van der Waals surface area contributed by atoms with Gasteiger partial charge in [-0.2, -0.15) is 0 Å². The fourth-order valence-corrected chi connectivity index (χ4v) is 18.8. The number of nitrogens with zero attached hydrogens (tertiary/aromatic N) is 1. The molecule has 34 heavy (non-hydrogen) atoms. The third-order valence-electron chi connectivity index (χ3n) is 8.66. The lowest BCUT2D eigenvalue weighted by molar-refractivity contribution is -0.153. The Labute approximate surface area is 224 Å². The molecule has 2 rings (SSSR count). The van der Waals surface area contributed by atoms with E-state index in [-0.39, 0.29) is 11.9 Å². The van der Waals surface area contributed by atoms with Gasteiger partial charge in [0.15, 0.2) is 5.72 Å². The second kappa shape index (κ2) is 10.7. The molecule has 5 nitrogen and oxygen atoms in total. The number of hydrogen-bond acceptors (Lipinski definition) is 4. The molecule has 2 heterocycles. The van der Waals surface area contributed by atoms with Crippen molar-refractivity contribution in [2.45, 2.75) is 128 Å². The van der Waals surface area contributed by atoms with Crippen LogP contribution < -0.4 is 0 Å². The van der Waals surface area contributed by atoms with Gasteiger partial charge in [-0.25, -0.2) is 0 Å². The van der Waals surface area contributed by atoms with Crippen molar-refractivity contribution in [3.63, 3.8) is 0 Å². The minimum Gasteiger partial charge on any atom is -0.518 e. The van der Waals surface area contributed by atoms with E-state index in [0.717, 1.165) is 0 Å². The van der Waals surface area contributed by atoms with Crippen molar-refractivity contribution in [1.29, 1.82) is 0 Å². The van der Waals surface area contributed by atoms with E-state index < -0.39 is 28.3 Å². The van der Waals surface area contributed by atoms with Crippen molar-refractivity contribution in [1.82, 2.24) is 4.90 Å². The highest BCUT2D eigenvalue weighted by atomic mass is 127. The van der Waals surface area contributed by atoms with E-state index in [1.54, 1.807) is 0 Å². The van der Waals surface area contributed by atoms with Crippen molar-refractivity contribution in [2.75, 3.05) is 6.54 Å². The summed E-state index contributed by atoms with van der Waals surface area (Å²) in [7, 11) is -4.81. The van der Waals surface area contributed by atoms with E-state index in [4.69, 9.17) is 8.85 Å². The van der Waals surface area contributed by atoms with E-state index in [1.807, 2.05) is 11.0 Å². The third-order valence-corrected chi connectivity index (χ3v) is 21.5. The summed E-state index contributed by atoms with van der Waals surface area (Å²) < 4.78 is 14.7. The quantitative estimate of drug-likeness (QED) is 0.185. The van der Waals surface area contributed by atoms with Gasteiger partial charge in [-0.1, -0.05) is 83.1 Å². The number of hydrogen-bond donors (Lipinski definition) is 0. The van der Waals surface area contributed by atoms with Crippen LogP contribution in [0.4, 0.5) is 0 Å². The molecule has 196 valence electrons. The maximum absolute atomic E-state index is 14.1. The average Bonchev–Trinajstić information content (AvgIpc) is 3.16. The molecule has 1 saturated heterocycles. The molecule has 0 aliphatic carbocycles. The highest BCUT2D eigenvalue weighted by Gasteiger charge is 2.64.